The lowest BCUT2D eigenvalue weighted by Crippen LogP contribution is -2.29. The molecule has 32 heavy (non-hydrogen) atoms. The Labute approximate surface area is 203 Å². The number of aromatic nitrogens is 2. The van der Waals surface area contributed by atoms with Crippen LogP contribution < -0.4 is 4.90 Å². The van der Waals surface area contributed by atoms with Crippen LogP contribution in [0.3, 0.4) is 0 Å². The molecule has 0 bridgehead atoms. The third-order valence-corrected chi connectivity index (χ3v) is 6.12. The van der Waals surface area contributed by atoms with E-state index in [1.807, 2.05) is 60.7 Å². The molecule has 0 amide bonds. The van der Waals surface area contributed by atoms with Gasteiger partial charge in [0.05, 0.1) is 11.9 Å². The molecule has 0 aliphatic rings. The van der Waals surface area contributed by atoms with Crippen molar-refractivity contribution in [3.8, 4) is 11.4 Å². The molecule has 0 aliphatic carbocycles. The van der Waals surface area contributed by atoms with Crippen molar-refractivity contribution >= 4 is 54.5 Å². The molecule has 0 atom stereocenters. The van der Waals surface area contributed by atoms with Crippen LogP contribution in [0.25, 0.3) is 22.3 Å². The first-order valence-corrected chi connectivity index (χ1v) is 11.8. The number of nitrogens with zero attached hydrogens (tertiary/aromatic N) is 3. The van der Waals surface area contributed by atoms with Crippen LogP contribution in [-0.2, 0) is 11.2 Å². The van der Waals surface area contributed by atoms with E-state index >= 15 is 0 Å². The smallest absolute Gasteiger partial charge is 0.305 e. The lowest BCUT2D eigenvalue weighted by Gasteiger charge is -2.25. The van der Waals surface area contributed by atoms with Gasteiger partial charge in [-0.3, -0.25) is 4.79 Å². The highest BCUT2D eigenvalue weighted by atomic mass is 79.9. The molecule has 4 rings (SSSR count). The minimum Gasteiger partial charge on any atom is -0.481 e. The summed E-state index contributed by atoms with van der Waals surface area (Å²) < 4.78 is 1.87. The van der Waals surface area contributed by atoms with Crippen LogP contribution in [0.15, 0.2) is 81.7 Å². The number of benzene rings is 3. The van der Waals surface area contributed by atoms with E-state index in [1.165, 1.54) is 5.56 Å². The monoisotopic (exact) mass is 553 g/mol. The van der Waals surface area contributed by atoms with Crippen molar-refractivity contribution < 1.29 is 9.90 Å². The zero-order valence-corrected chi connectivity index (χ0v) is 20.4. The molecule has 3 aromatic carbocycles. The van der Waals surface area contributed by atoms with Gasteiger partial charge in [0.2, 0.25) is 0 Å². The van der Waals surface area contributed by atoms with Crippen molar-refractivity contribution in [2.24, 2.45) is 0 Å². The largest absolute Gasteiger partial charge is 0.481 e. The van der Waals surface area contributed by atoms with Gasteiger partial charge in [0, 0.05) is 33.0 Å². The van der Waals surface area contributed by atoms with Crippen molar-refractivity contribution in [1.82, 2.24) is 9.97 Å². The van der Waals surface area contributed by atoms with Gasteiger partial charge in [0.15, 0.2) is 5.82 Å². The Morgan fingerprint density at radius 1 is 0.875 bits per heavy atom. The fraction of sp³-hybridized carbons (Fsp3) is 0.160. The molecule has 0 spiro atoms. The second kappa shape index (κ2) is 10.2. The average molecular weight is 555 g/mol. The van der Waals surface area contributed by atoms with E-state index in [-0.39, 0.29) is 6.42 Å². The van der Waals surface area contributed by atoms with E-state index in [4.69, 9.17) is 9.97 Å². The van der Waals surface area contributed by atoms with Crippen molar-refractivity contribution in [2.75, 3.05) is 18.0 Å². The van der Waals surface area contributed by atoms with Crippen LogP contribution in [0.1, 0.15) is 12.0 Å². The minimum absolute atomic E-state index is 0.0283. The summed E-state index contributed by atoms with van der Waals surface area (Å²) in [6, 6.07) is 23.9. The molecular weight excluding hydrogens is 534 g/mol. The number of carboxylic acids is 1. The number of carbonyl (C=O) groups is 1. The lowest BCUT2D eigenvalue weighted by molar-refractivity contribution is -0.136. The number of fused-ring (bicyclic) bond motifs is 1. The fourth-order valence-corrected chi connectivity index (χ4v) is 4.31. The Bertz CT molecular complexity index is 1250. The summed E-state index contributed by atoms with van der Waals surface area (Å²) in [5.41, 5.74) is 2.90. The van der Waals surface area contributed by atoms with Gasteiger partial charge >= 0.3 is 5.97 Å². The number of carboxylic acid groups (broad SMARTS) is 1. The molecule has 5 nitrogen and oxygen atoms in total. The van der Waals surface area contributed by atoms with Crippen LogP contribution in [0.5, 0.6) is 0 Å². The van der Waals surface area contributed by atoms with E-state index in [1.54, 1.807) is 0 Å². The Balaban J connectivity index is 1.80. The first-order valence-electron chi connectivity index (χ1n) is 10.2. The number of rotatable bonds is 8. The SMILES string of the molecule is O=C(O)CCN(CCc1ccccc1)c1nc(-c2cccc(Br)c2)nc2ccc(Br)cc12. The Kier molecular flexibility index (Phi) is 7.17. The van der Waals surface area contributed by atoms with Gasteiger partial charge in [-0.25, -0.2) is 9.97 Å². The summed E-state index contributed by atoms with van der Waals surface area (Å²) in [6.45, 7) is 1.01. The molecule has 0 saturated heterocycles. The van der Waals surface area contributed by atoms with Crippen LogP contribution in [-0.4, -0.2) is 34.1 Å². The molecule has 7 heteroatoms. The molecule has 0 radical (unpaired) electrons. The number of halogens is 2. The zero-order chi connectivity index (χ0) is 22.5. The number of hydrogen-bond donors (Lipinski definition) is 1. The van der Waals surface area contributed by atoms with Gasteiger partial charge in [0.1, 0.15) is 5.82 Å². The molecule has 1 N–H and O–H groups in total. The highest BCUT2D eigenvalue weighted by Gasteiger charge is 2.17. The third-order valence-electron chi connectivity index (χ3n) is 5.13. The Hall–Kier alpha value is -2.77. The van der Waals surface area contributed by atoms with E-state index in [0.717, 1.165) is 37.7 Å². The first-order chi connectivity index (χ1) is 15.5. The quantitative estimate of drug-likeness (QED) is 0.275. The predicted octanol–water partition coefficient (Wildman–Crippen LogP) is 6.35. The van der Waals surface area contributed by atoms with Crippen molar-refractivity contribution in [3.05, 3.63) is 87.3 Å². The minimum atomic E-state index is -0.832. The van der Waals surface area contributed by atoms with Gasteiger partial charge in [-0.05, 0) is 42.3 Å². The Morgan fingerprint density at radius 2 is 1.66 bits per heavy atom. The molecule has 0 fully saturated rings. The summed E-state index contributed by atoms with van der Waals surface area (Å²) in [4.78, 5) is 23.1. The third kappa shape index (κ3) is 5.53. The van der Waals surface area contributed by atoms with Gasteiger partial charge < -0.3 is 10.0 Å². The van der Waals surface area contributed by atoms with Crippen LogP contribution in [0, 0.1) is 0 Å². The van der Waals surface area contributed by atoms with Gasteiger partial charge in [-0.2, -0.15) is 0 Å². The maximum Gasteiger partial charge on any atom is 0.305 e. The summed E-state index contributed by atoms with van der Waals surface area (Å²) in [5, 5.41) is 10.2. The molecule has 0 unspecified atom stereocenters. The summed E-state index contributed by atoms with van der Waals surface area (Å²) in [7, 11) is 0. The fourth-order valence-electron chi connectivity index (χ4n) is 3.55. The topological polar surface area (TPSA) is 66.3 Å². The second-order valence-corrected chi connectivity index (χ2v) is 9.24. The normalized spacial score (nSPS) is 10.9. The lowest BCUT2D eigenvalue weighted by atomic mass is 10.1. The van der Waals surface area contributed by atoms with E-state index < -0.39 is 5.97 Å². The number of aliphatic carboxylic acids is 1. The summed E-state index contributed by atoms with van der Waals surface area (Å²) >= 11 is 7.07. The number of hydrogen-bond acceptors (Lipinski definition) is 4. The zero-order valence-electron chi connectivity index (χ0n) is 17.2. The first kappa shape index (κ1) is 22.4. The van der Waals surface area contributed by atoms with Crippen LogP contribution in [0.2, 0.25) is 0 Å². The highest BCUT2D eigenvalue weighted by molar-refractivity contribution is 9.10. The van der Waals surface area contributed by atoms with Crippen molar-refractivity contribution in [1.29, 1.82) is 0 Å². The van der Waals surface area contributed by atoms with Crippen LogP contribution >= 0.6 is 31.9 Å². The number of anilines is 1. The maximum absolute atomic E-state index is 11.4. The molecule has 1 aromatic heterocycles. The molecule has 1 heterocycles. The highest BCUT2D eigenvalue weighted by Crippen LogP contribution is 2.31. The molecule has 162 valence electrons. The van der Waals surface area contributed by atoms with E-state index in [2.05, 4.69) is 48.9 Å². The van der Waals surface area contributed by atoms with Gasteiger partial charge in [-0.1, -0.05) is 74.3 Å². The van der Waals surface area contributed by atoms with Gasteiger partial charge in [0.25, 0.3) is 0 Å². The molecule has 0 saturated carbocycles. The summed E-state index contributed by atoms with van der Waals surface area (Å²) in [5.74, 6) is 0.515. The average Bonchev–Trinajstić information content (AvgIpc) is 2.79. The Morgan fingerprint density at radius 3 is 2.41 bits per heavy atom. The van der Waals surface area contributed by atoms with Crippen molar-refractivity contribution in [3.63, 3.8) is 0 Å². The van der Waals surface area contributed by atoms with Crippen molar-refractivity contribution in [2.45, 2.75) is 12.8 Å². The van der Waals surface area contributed by atoms with E-state index in [9.17, 15) is 9.90 Å². The predicted molar refractivity (Wildman–Crippen MR) is 135 cm³/mol. The molecular formula is C25H21Br2N3O2. The summed E-state index contributed by atoms with van der Waals surface area (Å²) in [6.07, 6.45) is 0.812. The van der Waals surface area contributed by atoms with Crippen LogP contribution in [0.4, 0.5) is 5.82 Å². The molecule has 0 aliphatic heterocycles. The standard InChI is InChI=1S/C25H21Br2N3O2/c26-19-8-4-7-18(15-19)24-28-22-10-9-20(27)16-21(22)25(29-24)30(14-12-23(31)32)13-11-17-5-2-1-3-6-17/h1-10,15-16H,11-14H2,(H,31,32). The van der Waals surface area contributed by atoms with E-state index in [0.29, 0.717) is 18.9 Å². The molecule has 4 aromatic rings. The maximum atomic E-state index is 11.4. The van der Waals surface area contributed by atoms with Gasteiger partial charge in [-0.15, -0.1) is 0 Å². The second-order valence-electron chi connectivity index (χ2n) is 7.41.